The van der Waals surface area contributed by atoms with Crippen molar-refractivity contribution in [3.8, 4) is 0 Å². The third-order valence-corrected chi connectivity index (χ3v) is 4.95. The van der Waals surface area contributed by atoms with E-state index in [-0.39, 0.29) is 5.92 Å². The lowest BCUT2D eigenvalue weighted by molar-refractivity contribution is -0.440. The van der Waals surface area contributed by atoms with Crippen LogP contribution in [0.5, 0.6) is 0 Å². The summed E-state index contributed by atoms with van der Waals surface area (Å²) >= 11 is 0. The van der Waals surface area contributed by atoms with Crippen molar-refractivity contribution in [3.63, 3.8) is 0 Å². The molecule has 0 aromatic heterocycles. The largest absolute Gasteiger partial charge is 0.460 e. The van der Waals surface area contributed by atoms with Gasteiger partial charge in [0.2, 0.25) is 0 Å². The molecule has 0 aliphatic rings. The van der Waals surface area contributed by atoms with Crippen LogP contribution in [-0.4, -0.2) is 40.9 Å². The molecule has 1 nitrogen and oxygen atoms in total. The SMILES string of the molecule is CCC(C)c1ccc(C(O)CC(F)(F)C(F)(F)C(F)(F)C(F)(F)C(F)(F)C(F)(F)F)cc1. The molecule has 0 bridgehead atoms. The summed E-state index contributed by atoms with van der Waals surface area (Å²) < 4.78 is 170. The van der Waals surface area contributed by atoms with Crippen LogP contribution in [0.2, 0.25) is 0 Å². The maximum absolute atomic E-state index is 13.9. The van der Waals surface area contributed by atoms with Crippen LogP contribution in [0.4, 0.5) is 57.1 Å². The Morgan fingerprint density at radius 1 is 0.656 bits per heavy atom. The Morgan fingerprint density at radius 2 is 1.03 bits per heavy atom. The number of benzene rings is 1. The topological polar surface area (TPSA) is 20.2 Å². The lowest BCUT2D eigenvalue weighted by Crippen LogP contribution is -2.70. The smallest absolute Gasteiger partial charge is 0.388 e. The second-order valence-corrected chi connectivity index (χ2v) is 7.20. The molecule has 0 aliphatic heterocycles. The summed E-state index contributed by atoms with van der Waals surface area (Å²) in [5.74, 6) is -37.4. The highest BCUT2D eigenvalue weighted by molar-refractivity contribution is 5.27. The predicted molar refractivity (Wildman–Crippen MR) is 85.5 cm³/mol. The summed E-state index contributed by atoms with van der Waals surface area (Å²) in [6.45, 7) is 3.54. The van der Waals surface area contributed by atoms with Gasteiger partial charge in [-0.1, -0.05) is 38.1 Å². The Morgan fingerprint density at radius 3 is 1.41 bits per heavy atom. The zero-order valence-corrected chi connectivity index (χ0v) is 16.2. The van der Waals surface area contributed by atoms with Crippen molar-refractivity contribution in [1.82, 2.24) is 0 Å². The fourth-order valence-corrected chi connectivity index (χ4v) is 2.57. The van der Waals surface area contributed by atoms with Crippen LogP contribution in [-0.2, 0) is 0 Å². The minimum atomic E-state index is -7.95. The van der Waals surface area contributed by atoms with Gasteiger partial charge < -0.3 is 5.11 Å². The zero-order chi connectivity index (χ0) is 25.6. The van der Waals surface area contributed by atoms with E-state index < -0.39 is 53.9 Å². The number of halogens is 13. The molecule has 1 rings (SSSR count). The fraction of sp³-hybridized carbons (Fsp3) is 0.667. The normalized spacial score (nSPS) is 16.8. The van der Waals surface area contributed by atoms with E-state index in [1.165, 1.54) is 12.1 Å². The molecule has 1 N–H and O–H groups in total. The minimum absolute atomic E-state index is 0.0526. The standard InChI is InChI=1S/C18H17F13O/c1-3-9(2)10-4-6-11(7-5-10)12(32)8-13(19,20)14(21,22)15(23,24)16(25,26)17(27,28)18(29,30)31/h4-7,9,12,32H,3,8H2,1-2H3. The number of aliphatic hydroxyl groups is 1. The Labute approximate surface area is 173 Å². The highest BCUT2D eigenvalue weighted by Crippen LogP contribution is 2.61. The maximum atomic E-state index is 13.9. The third kappa shape index (κ3) is 4.51. The van der Waals surface area contributed by atoms with Crippen LogP contribution in [0.25, 0.3) is 0 Å². The molecule has 0 aliphatic carbocycles. The first kappa shape index (κ1) is 28.3. The van der Waals surface area contributed by atoms with Crippen LogP contribution in [0.15, 0.2) is 24.3 Å². The summed E-state index contributed by atoms with van der Waals surface area (Å²) in [6, 6.07) is 4.45. The van der Waals surface area contributed by atoms with Gasteiger partial charge in [0.25, 0.3) is 0 Å². The van der Waals surface area contributed by atoms with E-state index in [1.54, 1.807) is 13.8 Å². The Kier molecular flexibility index (Phi) is 7.57. The van der Waals surface area contributed by atoms with Crippen molar-refractivity contribution in [2.75, 3.05) is 0 Å². The van der Waals surface area contributed by atoms with E-state index >= 15 is 0 Å². The second kappa shape index (κ2) is 8.56. The molecule has 0 saturated heterocycles. The van der Waals surface area contributed by atoms with Gasteiger partial charge in [0, 0.05) is 6.42 Å². The van der Waals surface area contributed by atoms with E-state index in [0.29, 0.717) is 12.0 Å². The average Bonchev–Trinajstić information content (AvgIpc) is 2.65. The number of hydrogen-bond donors (Lipinski definition) is 1. The van der Waals surface area contributed by atoms with Crippen molar-refractivity contribution in [2.24, 2.45) is 0 Å². The first-order valence-electron chi connectivity index (χ1n) is 8.82. The Balaban J connectivity index is 3.27. The molecule has 2 atom stereocenters. The first-order valence-corrected chi connectivity index (χ1v) is 8.82. The Bertz CT molecular complexity index is 768. The minimum Gasteiger partial charge on any atom is -0.388 e. The third-order valence-electron chi connectivity index (χ3n) is 4.95. The molecule has 0 heterocycles. The summed E-state index contributed by atoms with van der Waals surface area (Å²) in [7, 11) is 0. The average molecular weight is 496 g/mol. The highest BCUT2D eigenvalue weighted by atomic mass is 19.4. The quantitative estimate of drug-likeness (QED) is 0.354. The molecule has 0 amide bonds. The molecular weight excluding hydrogens is 479 g/mol. The highest BCUT2D eigenvalue weighted by Gasteiger charge is 2.90. The van der Waals surface area contributed by atoms with E-state index in [2.05, 4.69) is 0 Å². The first-order chi connectivity index (χ1) is 14.1. The van der Waals surface area contributed by atoms with Crippen molar-refractivity contribution >= 4 is 0 Å². The molecule has 0 radical (unpaired) electrons. The van der Waals surface area contributed by atoms with E-state index in [4.69, 9.17) is 0 Å². The monoisotopic (exact) mass is 496 g/mol. The number of rotatable bonds is 9. The molecule has 32 heavy (non-hydrogen) atoms. The van der Waals surface area contributed by atoms with E-state index in [1.807, 2.05) is 0 Å². The summed E-state index contributed by atoms with van der Waals surface area (Å²) in [6.07, 6.45) is -12.2. The van der Waals surface area contributed by atoms with Crippen molar-refractivity contribution in [3.05, 3.63) is 35.4 Å². The fourth-order valence-electron chi connectivity index (χ4n) is 2.57. The van der Waals surface area contributed by atoms with Gasteiger partial charge in [-0.15, -0.1) is 0 Å². The molecule has 1 aromatic carbocycles. The van der Waals surface area contributed by atoms with Gasteiger partial charge in [0.15, 0.2) is 0 Å². The second-order valence-electron chi connectivity index (χ2n) is 7.20. The van der Waals surface area contributed by atoms with Crippen molar-refractivity contribution < 1.29 is 62.2 Å². The van der Waals surface area contributed by atoms with Crippen molar-refractivity contribution in [1.29, 1.82) is 0 Å². The number of hydrogen-bond acceptors (Lipinski definition) is 1. The predicted octanol–water partition coefficient (Wildman–Crippen LogP) is 7.36. The van der Waals surface area contributed by atoms with Gasteiger partial charge in [-0.05, 0) is 23.5 Å². The summed E-state index contributed by atoms with van der Waals surface area (Å²) in [5.41, 5.74) is 0.0734. The van der Waals surface area contributed by atoms with Crippen LogP contribution >= 0.6 is 0 Å². The van der Waals surface area contributed by atoms with Crippen LogP contribution < -0.4 is 0 Å². The molecular formula is C18H17F13O. The summed E-state index contributed by atoms with van der Waals surface area (Å²) in [5, 5.41) is 9.69. The van der Waals surface area contributed by atoms with Gasteiger partial charge in [0.1, 0.15) is 0 Å². The molecule has 14 heteroatoms. The maximum Gasteiger partial charge on any atom is 0.460 e. The van der Waals surface area contributed by atoms with E-state index in [9.17, 15) is 62.2 Å². The van der Waals surface area contributed by atoms with E-state index in [0.717, 1.165) is 12.1 Å². The lowest BCUT2D eigenvalue weighted by Gasteiger charge is -2.40. The van der Waals surface area contributed by atoms with Crippen LogP contribution in [0.1, 0.15) is 49.8 Å². The van der Waals surface area contributed by atoms with Gasteiger partial charge in [-0.2, -0.15) is 57.1 Å². The molecule has 2 unspecified atom stereocenters. The molecule has 0 fully saturated rings. The lowest BCUT2D eigenvalue weighted by atomic mass is 9.89. The molecule has 186 valence electrons. The molecule has 1 aromatic rings. The van der Waals surface area contributed by atoms with Gasteiger partial charge in [0.05, 0.1) is 6.10 Å². The zero-order valence-electron chi connectivity index (χ0n) is 16.2. The number of aliphatic hydroxyl groups excluding tert-OH is 1. The molecule has 0 spiro atoms. The van der Waals surface area contributed by atoms with Gasteiger partial charge in [-0.3, -0.25) is 0 Å². The van der Waals surface area contributed by atoms with Crippen LogP contribution in [0.3, 0.4) is 0 Å². The summed E-state index contributed by atoms with van der Waals surface area (Å²) in [4.78, 5) is 0. The van der Waals surface area contributed by atoms with Crippen LogP contribution in [0, 0.1) is 0 Å². The molecule has 0 saturated carbocycles. The van der Waals surface area contributed by atoms with Gasteiger partial charge in [-0.25, -0.2) is 0 Å². The van der Waals surface area contributed by atoms with Gasteiger partial charge >= 0.3 is 35.8 Å². The van der Waals surface area contributed by atoms with Crippen molar-refractivity contribution in [2.45, 2.75) is 74.5 Å². The Hall–Kier alpha value is -1.73. The number of alkyl halides is 13.